The van der Waals surface area contributed by atoms with Crippen LogP contribution in [0.2, 0.25) is 0 Å². The van der Waals surface area contributed by atoms with E-state index in [0.29, 0.717) is 31.0 Å². The molecule has 6 nitrogen and oxygen atoms in total. The molecule has 0 unspecified atom stereocenters. The normalized spacial score (nSPS) is 11.5. The monoisotopic (exact) mass is 444 g/mol. The third-order valence-electron chi connectivity index (χ3n) is 4.88. The maximum absolute atomic E-state index is 13.2. The number of benzene rings is 2. The van der Waals surface area contributed by atoms with Gasteiger partial charge >= 0.3 is 0 Å². The number of rotatable bonds is 12. The van der Waals surface area contributed by atoms with Crippen molar-refractivity contribution in [1.29, 1.82) is 0 Å². The van der Waals surface area contributed by atoms with Crippen molar-refractivity contribution in [3.63, 3.8) is 0 Å². The van der Waals surface area contributed by atoms with E-state index in [4.69, 9.17) is 9.47 Å². The second kappa shape index (κ2) is 12.9. The Balaban J connectivity index is 2.10. The van der Waals surface area contributed by atoms with Crippen LogP contribution in [0.15, 0.2) is 48.5 Å². The van der Waals surface area contributed by atoms with Gasteiger partial charge in [-0.1, -0.05) is 31.2 Å². The first-order chi connectivity index (χ1) is 15.0. The first kappa shape index (κ1) is 24.6. The Kier molecular flexibility index (Phi) is 10.2. The average Bonchev–Trinajstić information content (AvgIpc) is 2.79. The fourth-order valence-corrected chi connectivity index (χ4v) is 4.11. The molecule has 0 saturated carbocycles. The van der Waals surface area contributed by atoms with E-state index in [2.05, 4.69) is 5.32 Å². The first-order valence-corrected chi connectivity index (χ1v) is 11.6. The Morgan fingerprint density at radius 1 is 1.00 bits per heavy atom. The van der Waals surface area contributed by atoms with Crippen LogP contribution < -0.4 is 14.8 Å². The quantitative estimate of drug-likeness (QED) is 0.538. The van der Waals surface area contributed by atoms with Crippen LogP contribution >= 0.6 is 11.8 Å². The molecule has 1 atom stereocenters. The molecule has 0 radical (unpaired) electrons. The highest BCUT2D eigenvalue weighted by atomic mass is 32.2. The van der Waals surface area contributed by atoms with Gasteiger partial charge in [0.25, 0.3) is 0 Å². The van der Waals surface area contributed by atoms with Crippen LogP contribution in [0.5, 0.6) is 11.5 Å². The van der Waals surface area contributed by atoms with E-state index in [1.54, 1.807) is 19.1 Å². The third kappa shape index (κ3) is 7.51. The van der Waals surface area contributed by atoms with Crippen molar-refractivity contribution in [1.82, 2.24) is 10.2 Å². The lowest BCUT2D eigenvalue weighted by atomic mass is 10.1. The highest BCUT2D eigenvalue weighted by Crippen LogP contribution is 2.20. The Morgan fingerprint density at radius 3 is 2.32 bits per heavy atom. The van der Waals surface area contributed by atoms with Crippen LogP contribution in [0.4, 0.5) is 0 Å². The molecule has 31 heavy (non-hydrogen) atoms. The zero-order valence-corrected chi connectivity index (χ0v) is 19.5. The molecule has 168 valence electrons. The van der Waals surface area contributed by atoms with Gasteiger partial charge in [-0.25, -0.2) is 0 Å². The van der Waals surface area contributed by atoms with Gasteiger partial charge in [0.05, 0.1) is 20.0 Å². The number of thioether (sulfide) groups is 1. The van der Waals surface area contributed by atoms with E-state index in [9.17, 15) is 9.59 Å². The number of likely N-dealkylation sites (N-methyl/N-ethyl adjacent to an activating group) is 1. The maximum Gasteiger partial charge on any atom is 0.242 e. The van der Waals surface area contributed by atoms with Crippen LogP contribution in [-0.4, -0.2) is 49.3 Å². The van der Waals surface area contributed by atoms with Gasteiger partial charge in [-0.15, -0.1) is 11.8 Å². The molecule has 0 spiro atoms. The van der Waals surface area contributed by atoms with E-state index in [0.717, 1.165) is 22.6 Å². The predicted octanol–water partition coefficient (Wildman–Crippen LogP) is 3.88. The molecule has 2 rings (SSSR count). The number of nitrogens with one attached hydrogen (secondary N) is 1. The van der Waals surface area contributed by atoms with Crippen molar-refractivity contribution >= 4 is 23.6 Å². The number of carbonyl (C=O) groups excluding carboxylic acids is 2. The molecule has 0 heterocycles. The zero-order valence-electron chi connectivity index (χ0n) is 18.7. The number of amides is 2. The van der Waals surface area contributed by atoms with E-state index in [1.807, 2.05) is 62.4 Å². The van der Waals surface area contributed by atoms with Gasteiger partial charge in [0.1, 0.15) is 17.5 Å². The lowest BCUT2D eigenvalue weighted by molar-refractivity contribution is -0.139. The molecule has 2 aromatic carbocycles. The van der Waals surface area contributed by atoms with Gasteiger partial charge in [0.2, 0.25) is 11.8 Å². The standard InChI is InChI=1S/C24H32N2O4S/c1-5-22(24(28)25-6-2)26(15-19-8-7-9-21(14-19)30-4)23(27)17-31-16-18-10-12-20(29-3)13-11-18/h7-14,22H,5-6,15-17H2,1-4H3,(H,25,28)/t22-/m0/s1. The number of hydrogen-bond donors (Lipinski definition) is 1. The van der Waals surface area contributed by atoms with Gasteiger partial charge in [0, 0.05) is 18.8 Å². The molecule has 0 aliphatic rings. The van der Waals surface area contributed by atoms with Crippen molar-refractivity contribution in [3.05, 3.63) is 59.7 Å². The van der Waals surface area contributed by atoms with Gasteiger partial charge in [-0.05, 0) is 48.7 Å². The summed E-state index contributed by atoms with van der Waals surface area (Å²) < 4.78 is 10.5. The summed E-state index contributed by atoms with van der Waals surface area (Å²) in [6.45, 7) is 4.69. The summed E-state index contributed by atoms with van der Waals surface area (Å²) in [5.41, 5.74) is 2.05. The number of hydrogen-bond acceptors (Lipinski definition) is 5. The minimum Gasteiger partial charge on any atom is -0.497 e. The molecule has 0 fully saturated rings. The molecule has 0 aromatic heterocycles. The highest BCUT2D eigenvalue weighted by Gasteiger charge is 2.28. The Morgan fingerprint density at radius 2 is 1.71 bits per heavy atom. The summed E-state index contributed by atoms with van der Waals surface area (Å²) in [4.78, 5) is 27.5. The van der Waals surface area contributed by atoms with Crippen molar-refractivity contribution < 1.29 is 19.1 Å². The summed E-state index contributed by atoms with van der Waals surface area (Å²) in [6, 6.07) is 14.9. The van der Waals surface area contributed by atoms with Crippen molar-refractivity contribution in [3.8, 4) is 11.5 Å². The molecule has 7 heteroatoms. The topological polar surface area (TPSA) is 67.9 Å². The third-order valence-corrected chi connectivity index (χ3v) is 5.87. The Labute approximate surface area is 189 Å². The average molecular weight is 445 g/mol. The lowest BCUT2D eigenvalue weighted by Crippen LogP contribution is -2.49. The molecular formula is C24H32N2O4S. The molecule has 0 aliphatic heterocycles. The van der Waals surface area contributed by atoms with E-state index >= 15 is 0 Å². The molecule has 2 amide bonds. The highest BCUT2D eigenvalue weighted by molar-refractivity contribution is 7.99. The minimum absolute atomic E-state index is 0.0561. The summed E-state index contributed by atoms with van der Waals surface area (Å²) in [5, 5.41) is 2.86. The van der Waals surface area contributed by atoms with E-state index in [-0.39, 0.29) is 11.8 Å². The van der Waals surface area contributed by atoms with Crippen LogP contribution in [0, 0.1) is 0 Å². The minimum atomic E-state index is -0.514. The van der Waals surface area contributed by atoms with Crippen LogP contribution in [-0.2, 0) is 21.9 Å². The van der Waals surface area contributed by atoms with Crippen molar-refractivity contribution in [2.45, 2.75) is 38.6 Å². The molecule has 0 aliphatic carbocycles. The number of nitrogens with zero attached hydrogens (tertiary/aromatic N) is 1. The smallest absolute Gasteiger partial charge is 0.242 e. The lowest BCUT2D eigenvalue weighted by Gasteiger charge is -2.30. The molecular weight excluding hydrogens is 412 g/mol. The fourth-order valence-electron chi connectivity index (χ4n) is 3.24. The van der Waals surface area contributed by atoms with Crippen molar-refractivity contribution in [2.75, 3.05) is 26.5 Å². The van der Waals surface area contributed by atoms with Crippen molar-refractivity contribution in [2.24, 2.45) is 0 Å². The van der Waals surface area contributed by atoms with Gasteiger partial charge < -0.3 is 19.7 Å². The van der Waals surface area contributed by atoms with E-state index < -0.39 is 6.04 Å². The first-order valence-electron chi connectivity index (χ1n) is 10.4. The summed E-state index contributed by atoms with van der Waals surface area (Å²) >= 11 is 1.54. The van der Waals surface area contributed by atoms with Gasteiger partial charge in [-0.3, -0.25) is 9.59 Å². The number of methoxy groups -OCH3 is 2. The van der Waals surface area contributed by atoms with Crippen LogP contribution in [0.1, 0.15) is 31.4 Å². The predicted molar refractivity (Wildman–Crippen MR) is 125 cm³/mol. The SMILES string of the molecule is CCNC(=O)[C@H](CC)N(Cc1cccc(OC)c1)C(=O)CSCc1ccc(OC)cc1. The summed E-state index contributed by atoms with van der Waals surface area (Å²) in [6.07, 6.45) is 0.546. The van der Waals surface area contributed by atoms with Crippen LogP contribution in [0.3, 0.4) is 0 Å². The van der Waals surface area contributed by atoms with E-state index in [1.165, 1.54) is 11.8 Å². The fraction of sp³-hybridized carbons (Fsp3) is 0.417. The largest absolute Gasteiger partial charge is 0.497 e. The second-order valence-electron chi connectivity index (χ2n) is 7.03. The Hall–Kier alpha value is -2.67. The second-order valence-corrected chi connectivity index (χ2v) is 8.02. The van der Waals surface area contributed by atoms with Gasteiger partial charge in [0.15, 0.2) is 0 Å². The molecule has 0 bridgehead atoms. The molecule has 0 saturated heterocycles. The molecule has 1 N–H and O–H groups in total. The van der Waals surface area contributed by atoms with Crippen LogP contribution in [0.25, 0.3) is 0 Å². The maximum atomic E-state index is 13.2. The summed E-state index contributed by atoms with van der Waals surface area (Å²) in [7, 11) is 3.25. The number of carbonyl (C=O) groups is 2. The molecule has 2 aromatic rings. The zero-order chi connectivity index (χ0) is 22.6. The summed E-state index contributed by atoms with van der Waals surface area (Å²) in [5.74, 6) is 2.36. The number of ether oxygens (including phenoxy) is 2. The van der Waals surface area contributed by atoms with Gasteiger partial charge in [-0.2, -0.15) is 0 Å². The Bertz CT molecular complexity index is 842.